The molecule has 9 heteroatoms. The van der Waals surface area contributed by atoms with Gasteiger partial charge in [-0.1, -0.05) is 48.5 Å². The van der Waals surface area contributed by atoms with Crippen LogP contribution < -0.4 is 5.32 Å². The molecule has 1 fully saturated rings. The number of ketones is 1. The first-order chi connectivity index (χ1) is 16.3. The van der Waals surface area contributed by atoms with E-state index in [1.165, 1.54) is 11.8 Å². The summed E-state index contributed by atoms with van der Waals surface area (Å²) in [6.45, 7) is -0.453. The van der Waals surface area contributed by atoms with E-state index in [4.69, 9.17) is 4.74 Å². The van der Waals surface area contributed by atoms with Crippen LogP contribution in [0.15, 0.2) is 59.5 Å². The lowest BCUT2D eigenvalue weighted by Crippen LogP contribution is -2.38. The standard InChI is InChI=1S/C25H21NO6S2/c27-22(26-15-10-11-34(30,31)14-15)12-32-23(28)13-33-21-9-8-17-16-4-1-2-5-18(16)25(29)20-7-3-6-19(21)24(17)20/h1-9,15H,10-14H2,(H,26,27). The second-order valence-corrected chi connectivity index (χ2v) is 11.6. The molecule has 34 heavy (non-hydrogen) atoms. The van der Waals surface area contributed by atoms with Gasteiger partial charge in [-0.2, -0.15) is 0 Å². The van der Waals surface area contributed by atoms with Crippen LogP contribution >= 0.6 is 11.8 Å². The Morgan fingerprint density at radius 1 is 0.971 bits per heavy atom. The highest BCUT2D eigenvalue weighted by Gasteiger charge is 2.29. The highest BCUT2D eigenvalue weighted by Crippen LogP contribution is 2.42. The van der Waals surface area contributed by atoms with E-state index >= 15 is 0 Å². The molecule has 0 saturated carbocycles. The monoisotopic (exact) mass is 495 g/mol. The van der Waals surface area contributed by atoms with Crippen molar-refractivity contribution >= 4 is 50.0 Å². The van der Waals surface area contributed by atoms with Crippen LogP contribution in [0.5, 0.6) is 0 Å². The summed E-state index contributed by atoms with van der Waals surface area (Å²) in [4.78, 5) is 38.1. The van der Waals surface area contributed by atoms with E-state index in [2.05, 4.69) is 5.32 Å². The summed E-state index contributed by atoms with van der Waals surface area (Å²) < 4.78 is 28.0. The van der Waals surface area contributed by atoms with Crippen LogP contribution in [0, 0.1) is 0 Å². The van der Waals surface area contributed by atoms with Crippen molar-refractivity contribution < 1.29 is 27.5 Å². The van der Waals surface area contributed by atoms with Crippen molar-refractivity contribution in [3.63, 3.8) is 0 Å². The zero-order valence-corrected chi connectivity index (χ0v) is 19.7. The van der Waals surface area contributed by atoms with Gasteiger partial charge in [-0.25, -0.2) is 8.42 Å². The van der Waals surface area contributed by atoms with Crippen LogP contribution in [0.1, 0.15) is 22.3 Å². The van der Waals surface area contributed by atoms with Crippen LogP contribution in [-0.4, -0.2) is 56.0 Å². The lowest BCUT2D eigenvalue weighted by Gasteiger charge is -2.21. The fourth-order valence-electron chi connectivity index (χ4n) is 4.48. The van der Waals surface area contributed by atoms with Gasteiger partial charge in [-0.05, 0) is 29.0 Å². The molecule has 1 N–H and O–H groups in total. The summed E-state index contributed by atoms with van der Waals surface area (Å²) in [5.74, 6) is -1.12. The Bertz CT molecular complexity index is 1450. The molecule has 0 spiro atoms. The van der Waals surface area contributed by atoms with Gasteiger partial charge in [0.25, 0.3) is 5.91 Å². The fourth-order valence-corrected chi connectivity index (χ4v) is 7.00. The van der Waals surface area contributed by atoms with Crippen LogP contribution in [-0.2, 0) is 24.2 Å². The first kappa shape index (κ1) is 22.6. The molecule has 1 unspecified atom stereocenters. The number of nitrogens with one attached hydrogen (secondary N) is 1. The van der Waals surface area contributed by atoms with Gasteiger partial charge < -0.3 is 10.1 Å². The van der Waals surface area contributed by atoms with Gasteiger partial charge in [0.15, 0.2) is 22.2 Å². The van der Waals surface area contributed by atoms with E-state index in [9.17, 15) is 22.8 Å². The maximum atomic E-state index is 13.0. The Morgan fingerprint density at radius 2 is 1.74 bits per heavy atom. The van der Waals surface area contributed by atoms with Crippen LogP contribution in [0.25, 0.3) is 21.9 Å². The van der Waals surface area contributed by atoms with E-state index in [0.717, 1.165) is 26.8 Å². The van der Waals surface area contributed by atoms with Gasteiger partial charge in [-0.3, -0.25) is 14.4 Å². The molecule has 2 aliphatic rings. The summed E-state index contributed by atoms with van der Waals surface area (Å²) >= 11 is 1.28. The number of ether oxygens (including phenoxy) is 1. The zero-order valence-electron chi connectivity index (χ0n) is 18.1. The molecule has 1 saturated heterocycles. The first-order valence-corrected chi connectivity index (χ1v) is 13.6. The van der Waals surface area contributed by atoms with E-state index in [1.807, 2.05) is 54.6 Å². The number of benzene rings is 3. The highest BCUT2D eigenvalue weighted by molar-refractivity contribution is 8.00. The third-order valence-corrected chi connectivity index (χ3v) is 8.83. The van der Waals surface area contributed by atoms with Crippen molar-refractivity contribution in [2.24, 2.45) is 0 Å². The Kier molecular flexibility index (Phi) is 5.91. The molecule has 1 amide bonds. The predicted molar refractivity (Wildman–Crippen MR) is 130 cm³/mol. The number of fused-ring (bicyclic) bond motifs is 2. The predicted octanol–water partition coefficient (Wildman–Crippen LogP) is 2.99. The molecule has 0 aromatic heterocycles. The molecule has 1 atom stereocenters. The van der Waals surface area contributed by atoms with Gasteiger partial charge in [0.1, 0.15) is 0 Å². The number of esters is 1. The van der Waals surface area contributed by atoms with Gasteiger partial charge in [0, 0.05) is 27.5 Å². The Balaban J connectivity index is 1.26. The van der Waals surface area contributed by atoms with E-state index in [1.54, 1.807) is 0 Å². The minimum absolute atomic E-state index is 0.00566. The Morgan fingerprint density at radius 3 is 2.50 bits per heavy atom. The van der Waals surface area contributed by atoms with Crippen LogP contribution in [0.3, 0.4) is 0 Å². The van der Waals surface area contributed by atoms with Gasteiger partial charge in [-0.15, -0.1) is 11.8 Å². The fraction of sp³-hybridized carbons (Fsp3) is 0.240. The quantitative estimate of drug-likeness (QED) is 0.324. The topological polar surface area (TPSA) is 107 Å². The summed E-state index contributed by atoms with van der Waals surface area (Å²) in [6.07, 6.45) is 0.371. The lowest BCUT2D eigenvalue weighted by atomic mass is 9.83. The normalized spacial score (nSPS) is 17.9. The van der Waals surface area contributed by atoms with E-state index in [-0.39, 0.29) is 23.0 Å². The van der Waals surface area contributed by atoms with Crippen molar-refractivity contribution in [1.82, 2.24) is 5.32 Å². The van der Waals surface area contributed by atoms with Crippen LogP contribution in [0.4, 0.5) is 0 Å². The maximum Gasteiger partial charge on any atom is 0.316 e. The molecule has 174 valence electrons. The van der Waals surface area contributed by atoms with Gasteiger partial charge >= 0.3 is 5.97 Å². The summed E-state index contributed by atoms with van der Waals surface area (Å²) in [7, 11) is -3.10. The molecule has 0 bridgehead atoms. The molecule has 5 rings (SSSR count). The number of rotatable bonds is 6. The molecular weight excluding hydrogens is 474 g/mol. The second-order valence-electron chi connectivity index (χ2n) is 8.33. The average molecular weight is 496 g/mol. The lowest BCUT2D eigenvalue weighted by molar-refractivity contribution is -0.146. The number of thioether (sulfide) groups is 1. The van der Waals surface area contributed by atoms with Crippen molar-refractivity contribution in [3.8, 4) is 11.1 Å². The number of amides is 1. The molecule has 1 heterocycles. The number of hydrogen-bond acceptors (Lipinski definition) is 7. The first-order valence-electron chi connectivity index (χ1n) is 10.8. The van der Waals surface area contributed by atoms with Crippen molar-refractivity contribution in [1.29, 1.82) is 0 Å². The minimum Gasteiger partial charge on any atom is -0.455 e. The summed E-state index contributed by atoms with van der Waals surface area (Å²) in [5.41, 5.74) is 3.20. The largest absolute Gasteiger partial charge is 0.455 e. The average Bonchev–Trinajstić information content (AvgIpc) is 3.17. The summed E-state index contributed by atoms with van der Waals surface area (Å²) in [6, 6.07) is 16.6. The maximum absolute atomic E-state index is 13.0. The Hall–Kier alpha value is -3.17. The summed E-state index contributed by atoms with van der Waals surface area (Å²) in [5, 5.41) is 4.35. The van der Waals surface area contributed by atoms with Crippen LogP contribution in [0.2, 0.25) is 0 Å². The molecule has 1 aliphatic heterocycles. The van der Waals surface area contributed by atoms with E-state index < -0.39 is 34.4 Å². The number of hydrogen-bond donors (Lipinski definition) is 1. The third kappa shape index (κ3) is 4.33. The smallest absolute Gasteiger partial charge is 0.316 e. The van der Waals surface area contributed by atoms with E-state index in [0.29, 0.717) is 17.5 Å². The highest BCUT2D eigenvalue weighted by atomic mass is 32.2. The van der Waals surface area contributed by atoms with Crippen molar-refractivity contribution in [3.05, 3.63) is 65.7 Å². The molecule has 0 radical (unpaired) electrons. The Labute approximate surface area is 200 Å². The zero-order chi connectivity index (χ0) is 23.9. The third-order valence-electron chi connectivity index (χ3n) is 6.01. The molecule has 1 aliphatic carbocycles. The molecule has 3 aromatic rings. The number of carbonyl (C=O) groups excluding carboxylic acids is 3. The minimum atomic E-state index is -3.10. The van der Waals surface area contributed by atoms with Crippen molar-refractivity contribution in [2.75, 3.05) is 23.9 Å². The van der Waals surface area contributed by atoms with Gasteiger partial charge in [0.2, 0.25) is 0 Å². The molecule has 3 aromatic carbocycles. The molecule has 7 nitrogen and oxygen atoms in total. The SMILES string of the molecule is O=C(COC(=O)CSc1ccc2c3c(cccc13)C(=O)c1ccccc1-2)NC1CCS(=O)(=O)C1. The van der Waals surface area contributed by atoms with Gasteiger partial charge in [0.05, 0.1) is 17.3 Å². The molecular formula is C25H21NO6S2. The number of carbonyl (C=O) groups is 3. The van der Waals surface area contributed by atoms with Crippen molar-refractivity contribution in [2.45, 2.75) is 17.4 Å². The second kappa shape index (κ2) is 8.88. The number of sulfone groups is 1.